The number of alkyl halides is 3. The van der Waals surface area contributed by atoms with E-state index in [1.807, 2.05) is 48.0 Å². The molecule has 4 aromatic rings. The van der Waals surface area contributed by atoms with E-state index in [4.69, 9.17) is 0 Å². The number of pyridine rings is 1. The number of aryl methyl sites for hydroxylation is 1. The Morgan fingerprint density at radius 2 is 1.87 bits per heavy atom. The smallest absolute Gasteiger partial charge is 0.325 e. The lowest BCUT2D eigenvalue weighted by Gasteiger charge is -2.11. The quantitative estimate of drug-likeness (QED) is 0.483. The highest BCUT2D eigenvalue weighted by Crippen LogP contribution is 2.30. The Labute approximate surface area is 171 Å². The van der Waals surface area contributed by atoms with Crippen LogP contribution in [-0.4, -0.2) is 15.3 Å². The molecule has 1 N–H and O–H groups in total. The Kier molecular flexibility index (Phi) is 5.03. The van der Waals surface area contributed by atoms with Crippen LogP contribution in [0.2, 0.25) is 0 Å². The van der Waals surface area contributed by atoms with Gasteiger partial charge in [0.2, 0.25) is 5.91 Å². The number of nitrogens with zero attached hydrogens (tertiary/aromatic N) is 2. The van der Waals surface area contributed by atoms with E-state index >= 15 is 0 Å². The van der Waals surface area contributed by atoms with Crippen molar-refractivity contribution in [1.82, 2.24) is 9.38 Å². The lowest BCUT2D eigenvalue weighted by molar-refractivity contribution is -0.137. The molecule has 0 aliphatic rings. The predicted molar refractivity (Wildman–Crippen MR) is 109 cm³/mol. The minimum Gasteiger partial charge on any atom is -0.325 e. The molecule has 4 nitrogen and oxygen atoms in total. The first-order valence-electron chi connectivity index (χ1n) is 9.31. The van der Waals surface area contributed by atoms with E-state index in [9.17, 15) is 18.0 Å². The van der Waals surface area contributed by atoms with Gasteiger partial charge in [-0.15, -0.1) is 0 Å². The number of rotatable bonds is 4. The standard InChI is InChI=1S/C23H18F3N3O/c1-15-6-5-11-29-14-20(28-22(15)29)18-9-2-3-10-19(18)27-21(30)13-16-7-4-8-17(12-16)23(24,25)26/h2-12,14H,13H2,1H3,(H,27,30). The molecule has 0 bridgehead atoms. The molecular weight excluding hydrogens is 391 g/mol. The largest absolute Gasteiger partial charge is 0.416 e. The molecule has 0 saturated carbocycles. The summed E-state index contributed by atoms with van der Waals surface area (Å²) >= 11 is 0. The van der Waals surface area contributed by atoms with Crippen LogP contribution < -0.4 is 5.32 Å². The van der Waals surface area contributed by atoms with E-state index in [2.05, 4.69) is 10.3 Å². The first-order valence-corrected chi connectivity index (χ1v) is 9.31. The van der Waals surface area contributed by atoms with Gasteiger partial charge < -0.3 is 9.72 Å². The van der Waals surface area contributed by atoms with Crippen LogP contribution in [0.3, 0.4) is 0 Å². The Morgan fingerprint density at radius 1 is 1.07 bits per heavy atom. The van der Waals surface area contributed by atoms with Gasteiger partial charge in [0, 0.05) is 18.0 Å². The predicted octanol–water partition coefficient (Wildman–Crippen LogP) is 5.51. The molecule has 0 radical (unpaired) electrons. The zero-order valence-corrected chi connectivity index (χ0v) is 16.1. The normalized spacial score (nSPS) is 11.6. The molecule has 0 atom stereocenters. The lowest BCUT2D eigenvalue weighted by atomic mass is 10.1. The number of anilines is 1. The van der Waals surface area contributed by atoms with E-state index < -0.39 is 17.6 Å². The minimum atomic E-state index is -4.44. The molecular formula is C23H18F3N3O. The Morgan fingerprint density at radius 3 is 2.63 bits per heavy atom. The van der Waals surface area contributed by atoms with Crippen LogP contribution in [0.1, 0.15) is 16.7 Å². The fraction of sp³-hybridized carbons (Fsp3) is 0.130. The van der Waals surface area contributed by atoms with E-state index in [0.717, 1.165) is 28.9 Å². The maximum Gasteiger partial charge on any atom is 0.416 e. The second-order valence-electron chi connectivity index (χ2n) is 7.02. The number of halogens is 3. The van der Waals surface area contributed by atoms with Gasteiger partial charge in [-0.2, -0.15) is 13.2 Å². The fourth-order valence-corrected chi connectivity index (χ4v) is 3.34. The number of nitrogens with one attached hydrogen (secondary N) is 1. The van der Waals surface area contributed by atoms with Gasteiger partial charge in [-0.25, -0.2) is 4.98 Å². The van der Waals surface area contributed by atoms with Crippen molar-refractivity contribution in [2.24, 2.45) is 0 Å². The molecule has 2 heterocycles. The summed E-state index contributed by atoms with van der Waals surface area (Å²) in [5.74, 6) is -0.401. The van der Waals surface area contributed by atoms with Crippen molar-refractivity contribution in [2.45, 2.75) is 19.5 Å². The summed E-state index contributed by atoms with van der Waals surface area (Å²) in [5.41, 5.74) is 3.34. The molecule has 2 aromatic heterocycles. The number of imidazole rings is 1. The topological polar surface area (TPSA) is 46.4 Å². The number of hydrogen-bond donors (Lipinski definition) is 1. The summed E-state index contributed by atoms with van der Waals surface area (Å²) in [6.07, 6.45) is -0.837. The van der Waals surface area contributed by atoms with E-state index in [1.165, 1.54) is 12.1 Å². The van der Waals surface area contributed by atoms with Gasteiger partial charge in [0.15, 0.2) is 0 Å². The first-order chi connectivity index (χ1) is 14.3. The molecule has 0 spiro atoms. The van der Waals surface area contributed by atoms with Crippen molar-refractivity contribution in [3.05, 3.63) is 89.7 Å². The number of amides is 1. The maximum absolute atomic E-state index is 12.9. The van der Waals surface area contributed by atoms with E-state index in [0.29, 0.717) is 16.9 Å². The van der Waals surface area contributed by atoms with Crippen LogP contribution in [0.25, 0.3) is 16.9 Å². The highest BCUT2D eigenvalue weighted by Gasteiger charge is 2.30. The second kappa shape index (κ2) is 7.67. The van der Waals surface area contributed by atoms with Gasteiger partial charge >= 0.3 is 6.18 Å². The highest BCUT2D eigenvalue weighted by atomic mass is 19.4. The molecule has 7 heteroatoms. The van der Waals surface area contributed by atoms with Crippen molar-refractivity contribution in [3.8, 4) is 11.3 Å². The van der Waals surface area contributed by atoms with Crippen LogP contribution in [0.4, 0.5) is 18.9 Å². The van der Waals surface area contributed by atoms with Gasteiger partial charge in [-0.05, 0) is 36.2 Å². The van der Waals surface area contributed by atoms with E-state index in [-0.39, 0.29) is 6.42 Å². The van der Waals surface area contributed by atoms with Crippen molar-refractivity contribution in [2.75, 3.05) is 5.32 Å². The zero-order chi connectivity index (χ0) is 21.3. The third kappa shape index (κ3) is 4.05. The average molecular weight is 409 g/mol. The number of benzene rings is 2. The minimum absolute atomic E-state index is 0.164. The van der Waals surface area contributed by atoms with Crippen molar-refractivity contribution in [3.63, 3.8) is 0 Å². The van der Waals surface area contributed by atoms with Crippen LogP contribution in [0.5, 0.6) is 0 Å². The van der Waals surface area contributed by atoms with Crippen LogP contribution >= 0.6 is 0 Å². The molecule has 0 aliphatic heterocycles. The van der Waals surface area contributed by atoms with Gasteiger partial charge in [-0.3, -0.25) is 4.79 Å². The SMILES string of the molecule is Cc1cccn2cc(-c3ccccc3NC(=O)Cc3cccc(C(F)(F)F)c3)nc12. The Hall–Kier alpha value is -3.61. The monoisotopic (exact) mass is 409 g/mol. The summed E-state index contributed by atoms with van der Waals surface area (Å²) in [7, 11) is 0. The van der Waals surface area contributed by atoms with E-state index in [1.54, 1.807) is 12.1 Å². The number of carbonyl (C=O) groups excluding carboxylic acids is 1. The summed E-state index contributed by atoms with van der Waals surface area (Å²) in [5, 5.41) is 2.81. The summed E-state index contributed by atoms with van der Waals surface area (Å²) < 4.78 is 40.6. The first kappa shape index (κ1) is 19.7. The molecule has 2 aromatic carbocycles. The third-order valence-electron chi connectivity index (χ3n) is 4.77. The summed E-state index contributed by atoms with van der Waals surface area (Å²) in [6.45, 7) is 1.97. The number of hydrogen-bond acceptors (Lipinski definition) is 2. The molecule has 30 heavy (non-hydrogen) atoms. The number of fused-ring (bicyclic) bond motifs is 1. The Balaban J connectivity index is 1.58. The molecule has 0 fully saturated rings. The molecule has 152 valence electrons. The molecule has 0 unspecified atom stereocenters. The molecule has 1 amide bonds. The summed E-state index contributed by atoms with van der Waals surface area (Å²) in [4.78, 5) is 17.2. The van der Waals surface area contributed by atoms with Crippen LogP contribution in [0, 0.1) is 6.92 Å². The highest BCUT2D eigenvalue weighted by molar-refractivity contribution is 5.96. The van der Waals surface area contributed by atoms with Gasteiger partial charge in [0.05, 0.1) is 23.4 Å². The number of aromatic nitrogens is 2. The van der Waals surface area contributed by atoms with Crippen LogP contribution in [-0.2, 0) is 17.4 Å². The third-order valence-corrected chi connectivity index (χ3v) is 4.77. The van der Waals surface area contributed by atoms with Gasteiger partial charge in [-0.1, -0.05) is 42.5 Å². The fourth-order valence-electron chi connectivity index (χ4n) is 3.34. The maximum atomic E-state index is 12.9. The number of para-hydroxylation sites is 1. The van der Waals surface area contributed by atoms with Crippen molar-refractivity contribution < 1.29 is 18.0 Å². The lowest BCUT2D eigenvalue weighted by Crippen LogP contribution is -2.15. The second-order valence-corrected chi connectivity index (χ2v) is 7.02. The van der Waals surface area contributed by atoms with Crippen molar-refractivity contribution in [1.29, 1.82) is 0 Å². The van der Waals surface area contributed by atoms with Crippen LogP contribution in [0.15, 0.2) is 73.1 Å². The number of carbonyl (C=O) groups is 1. The summed E-state index contributed by atoms with van der Waals surface area (Å²) in [6, 6.07) is 15.9. The molecule has 0 saturated heterocycles. The molecule has 4 rings (SSSR count). The van der Waals surface area contributed by atoms with Crippen molar-refractivity contribution >= 4 is 17.2 Å². The van der Waals surface area contributed by atoms with Gasteiger partial charge in [0.1, 0.15) is 5.65 Å². The average Bonchev–Trinajstić information content (AvgIpc) is 3.13. The van der Waals surface area contributed by atoms with Gasteiger partial charge in [0.25, 0.3) is 0 Å². The molecule has 0 aliphatic carbocycles. The zero-order valence-electron chi connectivity index (χ0n) is 16.1. The Bertz CT molecular complexity index is 1230.